The summed E-state index contributed by atoms with van der Waals surface area (Å²) in [7, 11) is 4.97. The molecule has 23 heavy (non-hydrogen) atoms. The molecule has 1 aromatic carbocycles. The van der Waals surface area contributed by atoms with Gasteiger partial charge in [-0.25, -0.2) is 0 Å². The molecule has 0 aliphatic carbocycles. The van der Waals surface area contributed by atoms with Gasteiger partial charge in [-0.3, -0.25) is 9.69 Å². The maximum Gasteiger partial charge on any atom is 0.325 e. The van der Waals surface area contributed by atoms with Gasteiger partial charge in [0, 0.05) is 13.1 Å². The van der Waals surface area contributed by atoms with Gasteiger partial charge < -0.3 is 19.5 Å². The van der Waals surface area contributed by atoms with Crippen molar-refractivity contribution in [3.05, 3.63) is 23.8 Å². The second kappa shape index (κ2) is 8.17. The number of methoxy groups -OCH3 is 2. The molecule has 6 nitrogen and oxygen atoms in total. The van der Waals surface area contributed by atoms with E-state index >= 15 is 0 Å². The Morgan fingerprint density at radius 3 is 2.48 bits per heavy atom. The van der Waals surface area contributed by atoms with Crippen LogP contribution in [0, 0.1) is 0 Å². The standard InChI is InChI=1S/C17H26N2O4/c1-18(10-11-19-8-4-5-9-19)16(17(20)21)13-6-7-14(22-2)15(12-13)23-3/h6-7,12,16H,4-5,8-11H2,1-3H3,(H,20,21). The molecule has 1 aromatic rings. The summed E-state index contributed by atoms with van der Waals surface area (Å²) in [4.78, 5) is 16.0. The Morgan fingerprint density at radius 2 is 1.91 bits per heavy atom. The SMILES string of the molecule is COc1ccc(C(C(=O)O)N(C)CCN2CCCC2)cc1OC. The maximum atomic E-state index is 11.8. The monoisotopic (exact) mass is 322 g/mol. The second-order valence-electron chi connectivity index (χ2n) is 5.88. The van der Waals surface area contributed by atoms with Gasteiger partial charge in [-0.1, -0.05) is 6.07 Å². The van der Waals surface area contributed by atoms with Gasteiger partial charge >= 0.3 is 5.97 Å². The Labute approximate surface area is 137 Å². The fraction of sp³-hybridized carbons (Fsp3) is 0.588. The number of benzene rings is 1. The zero-order valence-corrected chi connectivity index (χ0v) is 14.1. The Kier molecular flexibility index (Phi) is 6.24. The lowest BCUT2D eigenvalue weighted by atomic mass is 10.0. The summed E-state index contributed by atoms with van der Waals surface area (Å²) >= 11 is 0. The van der Waals surface area contributed by atoms with Gasteiger partial charge in [0.2, 0.25) is 0 Å². The van der Waals surface area contributed by atoms with Crippen molar-refractivity contribution in [2.75, 3.05) is 47.4 Å². The summed E-state index contributed by atoms with van der Waals surface area (Å²) in [6, 6.07) is 4.58. The number of likely N-dealkylation sites (N-methyl/N-ethyl adjacent to an activating group) is 1. The number of carboxylic acids is 1. The number of carboxylic acid groups (broad SMARTS) is 1. The van der Waals surface area contributed by atoms with E-state index < -0.39 is 12.0 Å². The molecule has 0 bridgehead atoms. The van der Waals surface area contributed by atoms with E-state index in [1.165, 1.54) is 12.8 Å². The van der Waals surface area contributed by atoms with E-state index in [1.54, 1.807) is 32.4 Å². The molecule has 0 radical (unpaired) electrons. The highest BCUT2D eigenvalue weighted by molar-refractivity contribution is 5.76. The van der Waals surface area contributed by atoms with Crippen LogP contribution in [-0.4, -0.2) is 68.3 Å². The van der Waals surface area contributed by atoms with Crippen molar-refractivity contribution < 1.29 is 19.4 Å². The van der Waals surface area contributed by atoms with E-state index in [9.17, 15) is 9.90 Å². The first-order valence-corrected chi connectivity index (χ1v) is 7.94. The first kappa shape index (κ1) is 17.6. The number of aliphatic carboxylic acids is 1. The molecule has 0 saturated carbocycles. The van der Waals surface area contributed by atoms with Gasteiger partial charge in [-0.2, -0.15) is 0 Å². The summed E-state index contributed by atoms with van der Waals surface area (Å²) in [5.41, 5.74) is 0.694. The average molecular weight is 322 g/mol. The minimum Gasteiger partial charge on any atom is -0.493 e. The average Bonchev–Trinajstić information content (AvgIpc) is 3.06. The van der Waals surface area contributed by atoms with Gasteiger partial charge in [0.05, 0.1) is 14.2 Å². The lowest BCUT2D eigenvalue weighted by Gasteiger charge is -2.27. The molecule has 0 aromatic heterocycles. The number of likely N-dealkylation sites (tertiary alicyclic amines) is 1. The number of nitrogens with zero attached hydrogens (tertiary/aromatic N) is 2. The van der Waals surface area contributed by atoms with Gasteiger partial charge in [0.15, 0.2) is 11.5 Å². The predicted molar refractivity (Wildman–Crippen MR) is 88.2 cm³/mol. The third-order valence-electron chi connectivity index (χ3n) is 4.37. The van der Waals surface area contributed by atoms with Gasteiger partial charge in [-0.15, -0.1) is 0 Å². The number of rotatable bonds is 8. The molecule has 128 valence electrons. The molecule has 1 unspecified atom stereocenters. The Bertz CT molecular complexity index is 529. The Hall–Kier alpha value is -1.79. The maximum absolute atomic E-state index is 11.8. The van der Waals surface area contributed by atoms with Crippen LogP contribution in [-0.2, 0) is 4.79 Å². The van der Waals surface area contributed by atoms with Crippen molar-refractivity contribution in [2.45, 2.75) is 18.9 Å². The van der Waals surface area contributed by atoms with Crippen LogP contribution >= 0.6 is 0 Å². The summed E-state index contributed by atoms with van der Waals surface area (Å²) in [6.45, 7) is 3.84. The van der Waals surface area contributed by atoms with E-state index in [0.29, 0.717) is 23.6 Å². The van der Waals surface area contributed by atoms with Crippen LogP contribution < -0.4 is 9.47 Å². The minimum absolute atomic E-state index is 0.546. The molecule has 1 aliphatic heterocycles. The van der Waals surface area contributed by atoms with Crippen LogP contribution in [0.5, 0.6) is 11.5 Å². The highest BCUT2D eigenvalue weighted by Crippen LogP contribution is 2.31. The summed E-state index contributed by atoms with van der Waals surface area (Å²) in [5.74, 6) is 0.283. The highest BCUT2D eigenvalue weighted by Gasteiger charge is 2.26. The second-order valence-corrected chi connectivity index (χ2v) is 5.88. The summed E-state index contributed by atoms with van der Waals surface area (Å²) < 4.78 is 10.5. The summed E-state index contributed by atoms with van der Waals surface area (Å²) in [6.07, 6.45) is 2.48. The molecule has 0 amide bonds. The molecular formula is C17H26N2O4. The number of ether oxygens (including phenoxy) is 2. The molecular weight excluding hydrogens is 296 g/mol. The largest absolute Gasteiger partial charge is 0.493 e. The zero-order chi connectivity index (χ0) is 16.8. The fourth-order valence-electron chi connectivity index (χ4n) is 3.04. The smallest absolute Gasteiger partial charge is 0.325 e. The first-order valence-electron chi connectivity index (χ1n) is 7.94. The molecule has 1 fully saturated rings. The lowest BCUT2D eigenvalue weighted by molar-refractivity contribution is -0.143. The number of carbonyl (C=O) groups is 1. The number of hydrogen-bond acceptors (Lipinski definition) is 5. The van der Waals surface area contributed by atoms with E-state index in [0.717, 1.165) is 19.6 Å². The molecule has 1 aliphatic rings. The van der Waals surface area contributed by atoms with E-state index in [-0.39, 0.29) is 0 Å². The van der Waals surface area contributed by atoms with Crippen LogP contribution in [0.25, 0.3) is 0 Å². The van der Waals surface area contributed by atoms with E-state index in [1.807, 2.05) is 11.9 Å². The fourth-order valence-corrected chi connectivity index (χ4v) is 3.04. The molecule has 6 heteroatoms. The third kappa shape index (κ3) is 4.36. The Balaban J connectivity index is 2.11. The normalized spacial score (nSPS) is 16.5. The topological polar surface area (TPSA) is 62.2 Å². The van der Waals surface area contributed by atoms with Crippen LogP contribution in [0.4, 0.5) is 0 Å². The van der Waals surface area contributed by atoms with Crippen molar-refractivity contribution in [3.63, 3.8) is 0 Å². The Morgan fingerprint density at radius 1 is 1.26 bits per heavy atom. The first-order chi connectivity index (χ1) is 11.1. The highest BCUT2D eigenvalue weighted by atomic mass is 16.5. The molecule has 1 N–H and O–H groups in total. The third-order valence-corrected chi connectivity index (χ3v) is 4.37. The van der Waals surface area contributed by atoms with Gasteiger partial charge in [0.1, 0.15) is 6.04 Å². The quantitative estimate of drug-likeness (QED) is 0.788. The van der Waals surface area contributed by atoms with Crippen LogP contribution in [0.1, 0.15) is 24.4 Å². The van der Waals surface area contributed by atoms with Crippen molar-refractivity contribution in [3.8, 4) is 11.5 Å². The zero-order valence-electron chi connectivity index (χ0n) is 14.1. The van der Waals surface area contributed by atoms with E-state index in [4.69, 9.17) is 9.47 Å². The van der Waals surface area contributed by atoms with Crippen LogP contribution in [0.15, 0.2) is 18.2 Å². The van der Waals surface area contributed by atoms with Crippen molar-refractivity contribution in [1.82, 2.24) is 9.80 Å². The van der Waals surface area contributed by atoms with Crippen LogP contribution in [0.2, 0.25) is 0 Å². The lowest BCUT2D eigenvalue weighted by Crippen LogP contribution is -2.37. The van der Waals surface area contributed by atoms with Gasteiger partial charge in [-0.05, 0) is 50.7 Å². The molecule has 1 saturated heterocycles. The van der Waals surface area contributed by atoms with Crippen molar-refractivity contribution in [2.24, 2.45) is 0 Å². The van der Waals surface area contributed by atoms with Crippen molar-refractivity contribution in [1.29, 1.82) is 0 Å². The van der Waals surface area contributed by atoms with E-state index in [2.05, 4.69) is 4.90 Å². The molecule has 2 rings (SSSR count). The van der Waals surface area contributed by atoms with Gasteiger partial charge in [0.25, 0.3) is 0 Å². The minimum atomic E-state index is -0.860. The molecule has 0 spiro atoms. The van der Waals surface area contributed by atoms with Crippen molar-refractivity contribution >= 4 is 5.97 Å². The molecule has 1 atom stereocenters. The summed E-state index contributed by atoms with van der Waals surface area (Å²) in [5, 5.41) is 9.65. The predicted octanol–water partition coefficient (Wildman–Crippen LogP) is 1.86. The van der Waals surface area contributed by atoms with Crippen LogP contribution in [0.3, 0.4) is 0 Å². The number of hydrogen-bond donors (Lipinski definition) is 1. The molecule has 1 heterocycles.